The minimum absolute atomic E-state index is 0.164. The molecule has 0 atom stereocenters. The molecule has 0 unspecified atom stereocenters. The van der Waals surface area contributed by atoms with Crippen molar-refractivity contribution in [3.8, 4) is 0 Å². The van der Waals surface area contributed by atoms with E-state index in [0.29, 0.717) is 5.69 Å². The highest BCUT2D eigenvalue weighted by Gasteiger charge is 2.08. The molecule has 3 N–H and O–H groups in total. The number of hydrogen-bond acceptors (Lipinski definition) is 3. The minimum Gasteiger partial charge on any atom is -0.478 e. The SMILES string of the molecule is CCCNCC(=O)Nc1cc(C(=O)O)ccc1C. The highest BCUT2D eigenvalue weighted by molar-refractivity contribution is 5.95. The molecule has 0 saturated carbocycles. The lowest BCUT2D eigenvalue weighted by Gasteiger charge is -2.09. The van der Waals surface area contributed by atoms with Gasteiger partial charge >= 0.3 is 5.97 Å². The number of carbonyl (C=O) groups is 2. The molecule has 0 aliphatic carbocycles. The molecule has 18 heavy (non-hydrogen) atoms. The standard InChI is InChI=1S/C13H18N2O3/c1-3-6-14-8-12(16)15-11-7-10(13(17)18)5-4-9(11)2/h4-5,7,14H,3,6,8H2,1-2H3,(H,15,16)(H,17,18). The number of carboxylic acids is 1. The predicted octanol–water partition coefficient (Wildman–Crippen LogP) is 1.63. The number of carboxylic acid groups (broad SMARTS) is 1. The van der Waals surface area contributed by atoms with E-state index < -0.39 is 5.97 Å². The molecule has 0 spiro atoms. The van der Waals surface area contributed by atoms with Gasteiger partial charge in [-0.2, -0.15) is 0 Å². The van der Waals surface area contributed by atoms with Gasteiger partial charge in [-0.05, 0) is 37.6 Å². The largest absolute Gasteiger partial charge is 0.478 e. The van der Waals surface area contributed by atoms with Gasteiger partial charge in [0.05, 0.1) is 12.1 Å². The first-order chi connectivity index (χ1) is 8.54. The van der Waals surface area contributed by atoms with E-state index in [9.17, 15) is 9.59 Å². The Morgan fingerprint density at radius 2 is 2.06 bits per heavy atom. The van der Waals surface area contributed by atoms with Crippen molar-refractivity contribution < 1.29 is 14.7 Å². The zero-order valence-electron chi connectivity index (χ0n) is 10.6. The molecule has 0 radical (unpaired) electrons. The fourth-order valence-corrected chi connectivity index (χ4v) is 1.46. The fraction of sp³-hybridized carbons (Fsp3) is 0.385. The van der Waals surface area contributed by atoms with Crippen LogP contribution in [-0.2, 0) is 4.79 Å². The normalized spacial score (nSPS) is 10.1. The first kappa shape index (κ1) is 14.2. The van der Waals surface area contributed by atoms with Crippen LogP contribution in [0.15, 0.2) is 18.2 Å². The fourth-order valence-electron chi connectivity index (χ4n) is 1.46. The van der Waals surface area contributed by atoms with Crippen LogP contribution in [0.4, 0.5) is 5.69 Å². The lowest BCUT2D eigenvalue weighted by Crippen LogP contribution is -2.28. The summed E-state index contributed by atoms with van der Waals surface area (Å²) in [7, 11) is 0. The van der Waals surface area contributed by atoms with Crippen molar-refractivity contribution in [2.24, 2.45) is 0 Å². The minimum atomic E-state index is -1.00. The number of aryl methyl sites for hydroxylation is 1. The number of benzene rings is 1. The van der Waals surface area contributed by atoms with Gasteiger partial charge < -0.3 is 15.7 Å². The van der Waals surface area contributed by atoms with Crippen LogP contribution in [0.2, 0.25) is 0 Å². The molecule has 0 aromatic heterocycles. The summed E-state index contributed by atoms with van der Waals surface area (Å²) in [5, 5.41) is 14.6. The molecular formula is C13H18N2O3. The topological polar surface area (TPSA) is 78.4 Å². The number of rotatable bonds is 6. The molecule has 0 fully saturated rings. The first-order valence-corrected chi connectivity index (χ1v) is 5.89. The van der Waals surface area contributed by atoms with Crippen LogP contribution < -0.4 is 10.6 Å². The number of carbonyl (C=O) groups excluding carboxylic acids is 1. The summed E-state index contributed by atoms with van der Waals surface area (Å²) in [4.78, 5) is 22.4. The predicted molar refractivity (Wildman–Crippen MR) is 69.9 cm³/mol. The molecule has 0 heterocycles. The Morgan fingerprint density at radius 3 is 2.67 bits per heavy atom. The summed E-state index contributed by atoms with van der Waals surface area (Å²) in [6, 6.07) is 4.66. The second kappa shape index (κ2) is 6.76. The van der Waals surface area contributed by atoms with E-state index in [1.54, 1.807) is 6.07 Å². The van der Waals surface area contributed by atoms with Gasteiger partial charge in [-0.1, -0.05) is 13.0 Å². The van der Waals surface area contributed by atoms with Crippen LogP contribution in [0.1, 0.15) is 29.3 Å². The zero-order valence-corrected chi connectivity index (χ0v) is 10.6. The van der Waals surface area contributed by atoms with E-state index in [2.05, 4.69) is 10.6 Å². The van der Waals surface area contributed by atoms with Crippen molar-refractivity contribution in [3.05, 3.63) is 29.3 Å². The Morgan fingerprint density at radius 1 is 1.33 bits per heavy atom. The third-order valence-corrected chi connectivity index (χ3v) is 2.47. The van der Waals surface area contributed by atoms with Crippen molar-refractivity contribution >= 4 is 17.6 Å². The van der Waals surface area contributed by atoms with Gasteiger partial charge in [0.2, 0.25) is 5.91 Å². The molecular weight excluding hydrogens is 232 g/mol. The average Bonchev–Trinajstić information content (AvgIpc) is 2.32. The third-order valence-electron chi connectivity index (χ3n) is 2.47. The first-order valence-electron chi connectivity index (χ1n) is 5.89. The molecule has 0 aliphatic rings. The molecule has 1 aromatic carbocycles. The van der Waals surface area contributed by atoms with Gasteiger partial charge in [0, 0.05) is 5.69 Å². The maximum absolute atomic E-state index is 11.6. The molecule has 0 bridgehead atoms. The van der Waals surface area contributed by atoms with Crippen molar-refractivity contribution in [2.45, 2.75) is 20.3 Å². The monoisotopic (exact) mass is 250 g/mol. The quantitative estimate of drug-likeness (QED) is 0.670. The summed E-state index contributed by atoms with van der Waals surface area (Å²) in [6.45, 7) is 4.85. The van der Waals surface area contributed by atoms with E-state index in [-0.39, 0.29) is 18.0 Å². The van der Waals surface area contributed by atoms with Crippen LogP contribution in [-0.4, -0.2) is 30.1 Å². The van der Waals surface area contributed by atoms with E-state index in [1.165, 1.54) is 12.1 Å². The molecule has 1 aromatic rings. The molecule has 0 saturated heterocycles. The number of nitrogens with one attached hydrogen (secondary N) is 2. The van der Waals surface area contributed by atoms with E-state index in [4.69, 9.17) is 5.11 Å². The van der Waals surface area contributed by atoms with Gasteiger partial charge in [-0.15, -0.1) is 0 Å². The van der Waals surface area contributed by atoms with Crippen molar-refractivity contribution in [2.75, 3.05) is 18.4 Å². The summed E-state index contributed by atoms with van der Waals surface area (Å²) >= 11 is 0. The molecule has 0 aliphatic heterocycles. The summed E-state index contributed by atoms with van der Waals surface area (Å²) in [5.41, 5.74) is 1.54. The second-order valence-corrected chi connectivity index (χ2v) is 4.06. The Hall–Kier alpha value is -1.88. The highest BCUT2D eigenvalue weighted by Crippen LogP contribution is 2.16. The number of amides is 1. The van der Waals surface area contributed by atoms with Crippen LogP contribution in [0, 0.1) is 6.92 Å². The van der Waals surface area contributed by atoms with E-state index in [0.717, 1.165) is 18.5 Å². The zero-order chi connectivity index (χ0) is 13.5. The van der Waals surface area contributed by atoms with E-state index in [1.807, 2.05) is 13.8 Å². The van der Waals surface area contributed by atoms with Crippen LogP contribution >= 0.6 is 0 Å². The lowest BCUT2D eigenvalue weighted by molar-refractivity contribution is -0.115. The van der Waals surface area contributed by atoms with Crippen LogP contribution in [0.5, 0.6) is 0 Å². The van der Waals surface area contributed by atoms with Crippen LogP contribution in [0.25, 0.3) is 0 Å². The van der Waals surface area contributed by atoms with Gasteiger partial charge in [0.15, 0.2) is 0 Å². The lowest BCUT2D eigenvalue weighted by atomic mass is 10.1. The number of hydrogen-bond donors (Lipinski definition) is 3. The second-order valence-electron chi connectivity index (χ2n) is 4.06. The Kier molecular flexibility index (Phi) is 5.32. The Labute approximate surface area is 106 Å². The summed E-state index contributed by atoms with van der Waals surface area (Å²) in [6.07, 6.45) is 0.959. The third kappa shape index (κ3) is 4.18. The molecule has 1 amide bonds. The van der Waals surface area contributed by atoms with E-state index >= 15 is 0 Å². The van der Waals surface area contributed by atoms with Crippen LogP contribution in [0.3, 0.4) is 0 Å². The number of aromatic carboxylic acids is 1. The Bertz CT molecular complexity index is 444. The highest BCUT2D eigenvalue weighted by atomic mass is 16.4. The molecule has 5 heteroatoms. The number of anilines is 1. The molecule has 1 rings (SSSR count). The maximum atomic E-state index is 11.6. The van der Waals surface area contributed by atoms with Gasteiger partial charge in [0.25, 0.3) is 0 Å². The van der Waals surface area contributed by atoms with Gasteiger partial charge in [-0.25, -0.2) is 4.79 Å². The van der Waals surface area contributed by atoms with Gasteiger partial charge in [-0.3, -0.25) is 4.79 Å². The average molecular weight is 250 g/mol. The smallest absolute Gasteiger partial charge is 0.335 e. The summed E-state index contributed by atoms with van der Waals surface area (Å²) in [5.74, 6) is -1.18. The summed E-state index contributed by atoms with van der Waals surface area (Å²) < 4.78 is 0. The van der Waals surface area contributed by atoms with Gasteiger partial charge in [0.1, 0.15) is 0 Å². The maximum Gasteiger partial charge on any atom is 0.335 e. The molecule has 98 valence electrons. The molecule has 5 nitrogen and oxygen atoms in total. The van der Waals surface area contributed by atoms with Crippen molar-refractivity contribution in [1.29, 1.82) is 0 Å². The Balaban J connectivity index is 2.68. The van der Waals surface area contributed by atoms with Crippen molar-refractivity contribution in [1.82, 2.24) is 5.32 Å². The van der Waals surface area contributed by atoms with Crippen molar-refractivity contribution in [3.63, 3.8) is 0 Å².